The zero-order chi connectivity index (χ0) is 22.4. The highest BCUT2D eigenvalue weighted by Crippen LogP contribution is 2.18. The second kappa shape index (κ2) is 12.6. The zero-order valence-electron chi connectivity index (χ0n) is 17.7. The minimum Gasteiger partial charge on any atom is -0.423 e. The van der Waals surface area contributed by atoms with Crippen molar-refractivity contribution in [2.75, 3.05) is 32.7 Å². The van der Waals surface area contributed by atoms with E-state index in [4.69, 9.17) is 21.9 Å². The van der Waals surface area contributed by atoms with Gasteiger partial charge < -0.3 is 26.8 Å². The van der Waals surface area contributed by atoms with Crippen LogP contribution in [-0.4, -0.2) is 66.3 Å². The molecule has 33 heavy (non-hydrogen) atoms. The van der Waals surface area contributed by atoms with Gasteiger partial charge in [-0.2, -0.15) is 0 Å². The summed E-state index contributed by atoms with van der Waals surface area (Å²) in [6.07, 6.45) is 0. The third kappa shape index (κ3) is 7.94. The average Bonchev–Trinajstić information content (AvgIpc) is 2.74. The molecule has 0 unspecified atom stereocenters. The molecule has 2 aromatic rings. The van der Waals surface area contributed by atoms with Gasteiger partial charge in [-0.15, -0.1) is 24.8 Å². The van der Waals surface area contributed by atoms with Gasteiger partial charge in [0.15, 0.2) is 5.96 Å². The Morgan fingerprint density at radius 2 is 1.36 bits per heavy atom. The molecule has 1 saturated heterocycles. The van der Waals surface area contributed by atoms with Crippen molar-refractivity contribution in [1.82, 2.24) is 9.80 Å². The summed E-state index contributed by atoms with van der Waals surface area (Å²) in [6.45, 7) is 2.40. The van der Waals surface area contributed by atoms with Crippen LogP contribution < -0.4 is 21.9 Å². The maximum atomic E-state index is 12.7. The van der Waals surface area contributed by atoms with Crippen LogP contribution in [0.4, 0.5) is 5.69 Å². The second-order valence-electron chi connectivity index (χ2n) is 7.03. The molecule has 178 valence electrons. The van der Waals surface area contributed by atoms with E-state index in [1.54, 1.807) is 53.4 Å². The minimum absolute atomic E-state index is 0. The van der Waals surface area contributed by atoms with E-state index < -0.39 is 5.97 Å². The number of nitrogens with zero attached hydrogens (tertiary/aromatic N) is 3. The molecule has 0 spiro atoms. The number of piperazine rings is 1. The summed E-state index contributed by atoms with van der Waals surface area (Å²) >= 11 is 0. The fourth-order valence-corrected chi connectivity index (χ4v) is 3.16. The first-order valence-electron chi connectivity index (χ1n) is 9.63. The lowest BCUT2D eigenvalue weighted by Gasteiger charge is -2.34. The molecule has 0 aliphatic carbocycles. The molecule has 2 aromatic carbocycles. The van der Waals surface area contributed by atoms with Gasteiger partial charge in [-0.25, -0.2) is 9.79 Å². The van der Waals surface area contributed by atoms with Gasteiger partial charge in [0, 0.05) is 31.7 Å². The van der Waals surface area contributed by atoms with Crippen molar-refractivity contribution < 1.29 is 19.1 Å². The van der Waals surface area contributed by atoms with Crippen LogP contribution in [0.3, 0.4) is 0 Å². The molecule has 3 rings (SSSR count). The lowest BCUT2D eigenvalue weighted by molar-refractivity contribution is -0.119. The van der Waals surface area contributed by atoms with Crippen molar-refractivity contribution in [2.24, 2.45) is 22.2 Å². The van der Waals surface area contributed by atoms with Gasteiger partial charge in [0.1, 0.15) is 5.75 Å². The second-order valence-corrected chi connectivity index (χ2v) is 7.03. The zero-order valence-corrected chi connectivity index (χ0v) is 19.3. The van der Waals surface area contributed by atoms with Gasteiger partial charge in [-0.1, -0.05) is 0 Å². The molecule has 1 aliphatic rings. The Kier molecular flexibility index (Phi) is 10.6. The largest absolute Gasteiger partial charge is 0.423 e. The molecule has 0 atom stereocenters. The van der Waals surface area contributed by atoms with Gasteiger partial charge in [-0.05, 0) is 48.5 Å². The van der Waals surface area contributed by atoms with E-state index in [9.17, 15) is 14.4 Å². The molecule has 1 aliphatic heterocycles. The smallest absolute Gasteiger partial charge is 0.343 e. The van der Waals surface area contributed by atoms with Crippen molar-refractivity contribution in [3.63, 3.8) is 0 Å². The predicted molar refractivity (Wildman–Crippen MR) is 129 cm³/mol. The summed E-state index contributed by atoms with van der Waals surface area (Å²) in [4.78, 5) is 43.5. The van der Waals surface area contributed by atoms with E-state index in [-0.39, 0.29) is 49.1 Å². The van der Waals surface area contributed by atoms with E-state index in [0.29, 0.717) is 48.7 Å². The molecule has 12 heteroatoms. The Morgan fingerprint density at radius 3 is 1.88 bits per heavy atom. The Bertz CT molecular complexity index is 987. The number of carbonyl (C=O) groups is 3. The van der Waals surface area contributed by atoms with E-state index in [2.05, 4.69) is 4.99 Å². The summed E-state index contributed by atoms with van der Waals surface area (Å²) in [6, 6.07) is 12.7. The number of benzene rings is 2. The first kappa shape index (κ1) is 27.7. The number of guanidine groups is 1. The number of aliphatic imine (C=N–C) groups is 1. The molecular formula is C21H26Cl2N6O4. The van der Waals surface area contributed by atoms with Crippen molar-refractivity contribution in [1.29, 1.82) is 0 Å². The van der Waals surface area contributed by atoms with Crippen LogP contribution in [0.5, 0.6) is 5.75 Å². The van der Waals surface area contributed by atoms with Crippen molar-refractivity contribution in [3.8, 4) is 5.75 Å². The van der Waals surface area contributed by atoms with Gasteiger partial charge >= 0.3 is 5.97 Å². The van der Waals surface area contributed by atoms with Crippen LogP contribution in [0.1, 0.15) is 20.7 Å². The minimum atomic E-state index is -0.541. The van der Waals surface area contributed by atoms with Gasteiger partial charge in [-0.3, -0.25) is 14.5 Å². The van der Waals surface area contributed by atoms with Gasteiger partial charge in [0.2, 0.25) is 5.91 Å². The average molecular weight is 497 g/mol. The van der Waals surface area contributed by atoms with E-state index in [0.717, 1.165) is 0 Å². The molecule has 1 fully saturated rings. The Labute approximate surface area is 203 Å². The summed E-state index contributed by atoms with van der Waals surface area (Å²) in [5, 5.41) is 0. The number of rotatable bonds is 6. The summed E-state index contributed by atoms with van der Waals surface area (Å²) in [5.74, 6) is -0.791. The third-order valence-electron chi connectivity index (χ3n) is 4.71. The summed E-state index contributed by atoms with van der Waals surface area (Å²) in [5.41, 5.74) is 17.2. The van der Waals surface area contributed by atoms with Crippen LogP contribution >= 0.6 is 24.8 Å². The van der Waals surface area contributed by atoms with Crippen LogP contribution in [0.15, 0.2) is 53.5 Å². The molecule has 0 bridgehead atoms. The van der Waals surface area contributed by atoms with Crippen LogP contribution in [0, 0.1) is 0 Å². The quantitative estimate of drug-likeness (QED) is 0.232. The lowest BCUT2D eigenvalue weighted by atomic mass is 10.1. The standard InChI is InChI=1S/C21H24N6O4.2ClH/c22-18(28)13-26-9-11-27(12-10-26)19(29)14-3-7-17(8-4-14)31-20(30)15-1-5-16(6-2-15)25-21(23)24;;/h1-8H,9-13H2,(H2,22,28)(H4,23,24,25);2*1H. The molecule has 0 aromatic heterocycles. The SMILES string of the molecule is Cl.Cl.NC(=O)CN1CCN(C(=O)c2ccc(OC(=O)c3ccc(N=C(N)N)cc3)cc2)CC1. The van der Waals surface area contributed by atoms with Crippen LogP contribution in [0.25, 0.3) is 0 Å². The molecule has 1 heterocycles. The molecule has 0 radical (unpaired) electrons. The number of nitrogens with two attached hydrogens (primary N) is 3. The number of halogens is 2. The number of hydrogen-bond donors (Lipinski definition) is 3. The number of carbonyl (C=O) groups excluding carboxylic acids is 3. The van der Waals surface area contributed by atoms with E-state index in [1.807, 2.05) is 4.90 Å². The normalized spacial score (nSPS) is 13.2. The summed E-state index contributed by atoms with van der Waals surface area (Å²) in [7, 11) is 0. The topological polar surface area (TPSA) is 157 Å². The van der Waals surface area contributed by atoms with Crippen molar-refractivity contribution in [2.45, 2.75) is 0 Å². The number of amides is 2. The first-order chi connectivity index (χ1) is 14.8. The molecular weight excluding hydrogens is 471 g/mol. The Balaban J connectivity index is 0.00000272. The monoisotopic (exact) mass is 496 g/mol. The lowest BCUT2D eigenvalue weighted by Crippen LogP contribution is -2.50. The first-order valence-corrected chi connectivity index (χ1v) is 9.63. The highest BCUT2D eigenvalue weighted by Gasteiger charge is 2.23. The van der Waals surface area contributed by atoms with Crippen molar-refractivity contribution >= 4 is 54.2 Å². The number of hydrogen-bond acceptors (Lipinski definition) is 6. The molecule has 2 amide bonds. The fraction of sp³-hybridized carbons (Fsp3) is 0.238. The van der Waals surface area contributed by atoms with E-state index in [1.165, 1.54) is 0 Å². The van der Waals surface area contributed by atoms with Gasteiger partial charge in [0.05, 0.1) is 17.8 Å². The Hall–Kier alpha value is -3.34. The predicted octanol–water partition coefficient (Wildman–Crippen LogP) is 0.897. The van der Waals surface area contributed by atoms with Crippen LogP contribution in [-0.2, 0) is 4.79 Å². The maximum Gasteiger partial charge on any atom is 0.343 e. The molecule has 10 nitrogen and oxygen atoms in total. The molecule has 0 saturated carbocycles. The number of ether oxygens (including phenoxy) is 1. The third-order valence-corrected chi connectivity index (χ3v) is 4.71. The summed E-state index contributed by atoms with van der Waals surface area (Å²) < 4.78 is 5.35. The highest BCUT2D eigenvalue weighted by atomic mass is 35.5. The number of esters is 1. The number of primary amides is 1. The van der Waals surface area contributed by atoms with Crippen LogP contribution in [0.2, 0.25) is 0 Å². The van der Waals surface area contributed by atoms with Gasteiger partial charge in [0.25, 0.3) is 5.91 Å². The Morgan fingerprint density at radius 1 is 0.818 bits per heavy atom. The maximum absolute atomic E-state index is 12.7. The fourth-order valence-electron chi connectivity index (χ4n) is 3.16. The van der Waals surface area contributed by atoms with E-state index >= 15 is 0 Å². The van der Waals surface area contributed by atoms with Crippen molar-refractivity contribution in [3.05, 3.63) is 59.7 Å². The highest BCUT2D eigenvalue weighted by molar-refractivity contribution is 5.95. The molecule has 6 N–H and O–H groups in total.